The minimum atomic E-state index is 0.0963. The molecule has 0 atom stereocenters. The summed E-state index contributed by atoms with van der Waals surface area (Å²) in [5, 5.41) is 3.17. The third-order valence-electron chi connectivity index (χ3n) is 3.05. The quantitative estimate of drug-likeness (QED) is 0.910. The van der Waals surface area contributed by atoms with E-state index in [2.05, 4.69) is 21.2 Å². The molecule has 5 heteroatoms. The Bertz CT molecular complexity index is 398. The highest BCUT2D eigenvalue weighted by Gasteiger charge is 2.27. The van der Waals surface area contributed by atoms with E-state index in [0.29, 0.717) is 6.04 Å². The molecule has 0 unspecified atom stereocenters. The van der Waals surface area contributed by atoms with Crippen molar-refractivity contribution in [1.82, 2.24) is 14.8 Å². The van der Waals surface area contributed by atoms with Crippen LogP contribution in [-0.2, 0) is 6.54 Å². The number of carbonyl (C=O) groups excluding carboxylic acids is 1. The van der Waals surface area contributed by atoms with Gasteiger partial charge in [0.1, 0.15) is 5.69 Å². The summed E-state index contributed by atoms with van der Waals surface area (Å²) in [4.78, 5) is 14.1. The summed E-state index contributed by atoms with van der Waals surface area (Å²) in [6.07, 6.45) is 1.94. The van der Waals surface area contributed by atoms with Crippen molar-refractivity contribution >= 4 is 21.8 Å². The summed E-state index contributed by atoms with van der Waals surface area (Å²) in [7, 11) is 1.87. The van der Waals surface area contributed by atoms with Gasteiger partial charge in [-0.05, 0) is 28.9 Å². The first-order valence-corrected chi connectivity index (χ1v) is 6.26. The molecule has 1 N–H and O–H groups in total. The molecule has 1 aromatic heterocycles. The predicted molar refractivity (Wildman–Crippen MR) is 66.6 cm³/mol. The molecule has 16 heavy (non-hydrogen) atoms. The van der Waals surface area contributed by atoms with E-state index in [4.69, 9.17) is 0 Å². The van der Waals surface area contributed by atoms with Crippen molar-refractivity contribution in [2.24, 2.45) is 0 Å². The fourth-order valence-corrected chi connectivity index (χ4v) is 2.27. The smallest absolute Gasteiger partial charge is 0.270 e. The second kappa shape index (κ2) is 4.59. The van der Waals surface area contributed by atoms with Crippen LogP contribution in [0.25, 0.3) is 0 Å². The SMILES string of the molecule is CCn1cc(Br)cc1C(=O)N(C)C1CNC1. The number of amides is 1. The zero-order valence-corrected chi connectivity index (χ0v) is 11.1. The molecule has 0 radical (unpaired) electrons. The molecule has 1 aliphatic heterocycles. The second-order valence-corrected chi connectivity index (χ2v) is 4.97. The van der Waals surface area contributed by atoms with Crippen molar-refractivity contribution in [2.45, 2.75) is 19.5 Å². The van der Waals surface area contributed by atoms with Crippen molar-refractivity contribution in [1.29, 1.82) is 0 Å². The molecule has 0 spiro atoms. The highest BCUT2D eigenvalue weighted by Crippen LogP contribution is 2.17. The van der Waals surface area contributed by atoms with Crippen molar-refractivity contribution < 1.29 is 4.79 Å². The average Bonchev–Trinajstić information content (AvgIpc) is 2.55. The van der Waals surface area contributed by atoms with Gasteiger partial charge in [-0.2, -0.15) is 0 Å². The molecule has 4 nitrogen and oxygen atoms in total. The van der Waals surface area contributed by atoms with E-state index in [1.54, 1.807) is 0 Å². The van der Waals surface area contributed by atoms with Gasteiger partial charge >= 0.3 is 0 Å². The molecular formula is C11H16BrN3O. The second-order valence-electron chi connectivity index (χ2n) is 4.06. The van der Waals surface area contributed by atoms with Gasteiger partial charge in [-0.15, -0.1) is 0 Å². The molecule has 1 fully saturated rings. The maximum absolute atomic E-state index is 12.2. The Morgan fingerprint density at radius 2 is 2.38 bits per heavy atom. The number of nitrogens with one attached hydrogen (secondary N) is 1. The maximum atomic E-state index is 12.2. The monoisotopic (exact) mass is 285 g/mol. The van der Waals surface area contributed by atoms with Crippen LogP contribution < -0.4 is 5.32 Å². The number of rotatable bonds is 3. The van der Waals surface area contributed by atoms with Gasteiger partial charge in [0.05, 0.1) is 6.04 Å². The topological polar surface area (TPSA) is 37.3 Å². The zero-order chi connectivity index (χ0) is 11.7. The summed E-state index contributed by atoms with van der Waals surface area (Å²) in [5.74, 6) is 0.0963. The molecule has 2 heterocycles. The van der Waals surface area contributed by atoms with Crippen LogP contribution in [0.3, 0.4) is 0 Å². The largest absolute Gasteiger partial charge is 0.343 e. The fourth-order valence-electron chi connectivity index (χ4n) is 1.81. The number of nitrogens with zero attached hydrogens (tertiary/aromatic N) is 2. The summed E-state index contributed by atoms with van der Waals surface area (Å²) >= 11 is 3.41. The number of aromatic nitrogens is 1. The molecule has 1 aromatic rings. The minimum Gasteiger partial charge on any atom is -0.343 e. The molecule has 1 aliphatic rings. The summed E-state index contributed by atoms with van der Waals surface area (Å²) in [6.45, 7) is 4.64. The van der Waals surface area contributed by atoms with Crippen LogP contribution in [0.1, 0.15) is 17.4 Å². The van der Waals surface area contributed by atoms with Crippen LogP contribution in [0.15, 0.2) is 16.7 Å². The lowest BCUT2D eigenvalue weighted by molar-refractivity contribution is 0.0670. The lowest BCUT2D eigenvalue weighted by Gasteiger charge is -2.35. The lowest BCUT2D eigenvalue weighted by atomic mass is 10.1. The third-order valence-corrected chi connectivity index (χ3v) is 3.48. The Labute approximate surface area is 104 Å². The number of aryl methyl sites for hydroxylation is 1. The first-order chi connectivity index (χ1) is 7.63. The van der Waals surface area contributed by atoms with Gasteiger partial charge in [-0.1, -0.05) is 0 Å². The van der Waals surface area contributed by atoms with Crippen molar-refractivity contribution in [3.8, 4) is 0 Å². The number of likely N-dealkylation sites (N-methyl/N-ethyl adjacent to an activating group) is 1. The molecule has 1 amide bonds. The molecule has 0 aliphatic carbocycles. The van der Waals surface area contributed by atoms with Gasteiger partial charge in [0, 0.05) is 37.4 Å². The van der Waals surface area contributed by atoms with E-state index in [1.165, 1.54) is 0 Å². The van der Waals surface area contributed by atoms with E-state index in [1.807, 2.05) is 35.7 Å². The normalized spacial score (nSPS) is 15.9. The summed E-state index contributed by atoms with van der Waals surface area (Å²) in [6, 6.07) is 2.22. The van der Waals surface area contributed by atoms with Gasteiger partial charge in [0.25, 0.3) is 5.91 Å². The Morgan fingerprint density at radius 3 is 2.88 bits per heavy atom. The van der Waals surface area contributed by atoms with E-state index in [9.17, 15) is 4.79 Å². The van der Waals surface area contributed by atoms with Gasteiger partial charge in [-0.25, -0.2) is 0 Å². The maximum Gasteiger partial charge on any atom is 0.270 e. The Kier molecular flexibility index (Phi) is 3.35. The van der Waals surface area contributed by atoms with E-state index < -0.39 is 0 Å². The first kappa shape index (κ1) is 11.7. The van der Waals surface area contributed by atoms with Crippen molar-refractivity contribution in [2.75, 3.05) is 20.1 Å². The number of halogens is 1. The first-order valence-electron chi connectivity index (χ1n) is 5.47. The number of carbonyl (C=O) groups is 1. The lowest BCUT2D eigenvalue weighted by Crippen LogP contribution is -2.57. The van der Waals surface area contributed by atoms with Crippen LogP contribution in [0.2, 0.25) is 0 Å². The standard InChI is InChI=1S/C11H16BrN3O/c1-3-15-7-8(12)4-10(15)11(16)14(2)9-5-13-6-9/h4,7,9,13H,3,5-6H2,1-2H3. The van der Waals surface area contributed by atoms with Crippen molar-refractivity contribution in [3.63, 3.8) is 0 Å². The van der Waals surface area contributed by atoms with Crippen molar-refractivity contribution in [3.05, 3.63) is 22.4 Å². The van der Waals surface area contributed by atoms with E-state index in [-0.39, 0.29) is 5.91 Å². The molecule has 0 aromatic carbocycles. The predicted octanol–water partition coefficient (Wildman–Crippen LogP) is 1.31. The number of hydrogen-bond donors (Lipinski definition) is 1. The fraction of sp³-hybridized carbons (Fsp3) is 0.545. The van der Waals surface area contributed by atoms with Gasteiger partial charge in [0.15, 0.2) is 0 Å². The molecule has 0 bridgehead atoms. The zero-order valence-electron chi connectivity index (χ0n) is 9.53. The third kappa shape index (κ3) is 2.01. The van der Waals surface area contributed by atoms with Crippen LogP contribution >= 0.6 is 15.9 Å². The van der Waals surface area contributed by atoms with E-state index in [0.717, 1.165) is 29.8 Å². The molecule has 88 valence electrons. The highest BCUT2D eigenvalue weighted by molar-refractivity contribution is 9.10. The Balaban J connectivity index is 2.18. The molecule has 1 saturated heterocycles. The average molecular weight is 286 g/mol. The summed E-state index contributed by atoms with van der Waals surface area (Å²) in [5.41, 5.74) is 0.753. The highest BCUT2D eigenvalue weighted by atomic mass is 79.9. The van der Waals surface area contributed by atoms with Crippen LogP contribution in [0.4, 0.5) is 0 Å². The Hall–Kier alpha value is -0.810. The van der Waals surface area contributed by atoms with Crippen LogP contribution in [0.5, 0.6) is 0 Å². The summed E-state index contributed by atoms with van der Waals surface area (Å²) < 4.78 is 2.92. The number of hydrogen-bond acceptors (Lipinski definition) is 2. The van der Waals surface area contributed by atoms with Crippen LogP contribution in [0, 0.1) is 0 Å². The molecule has 2 rings (SSSR count). The molecular weight excluding hydrogens is 270 g/mol. The van der Waals surface area contributed by atoms with Gasteiger partial charge < -0.3 is 14.8 Å². The Morgan fingerprint density at radius 1 is 1.69 bits per heavy atom. The van der Waals surface area contributed by atoms with Gasteiger partial charge in [-0.3, -0.25) is 4.79 Å². The van der Waals surface area contributed by atoms with Crippen LogP contribution in [-0.4, -0.2) is 41.6 Å². The minimum absolute atomic E-state index is 0.0963. The van der Waals surface area contributed by atoms with E-state index >= 15 is 0 Å². The van der Waals surface area contributed by atoms with Gasteiger partial charge in [0.2, 0.25) is 0 Å². The molecule has 0 saturated carbocycles.